The zero-order chi connectivity index (χ0) is 11.2. The third kappa shape index (κ3) is 1.48. The van der Waals surface area contributed by atoms with Gasteiger partial charge in [-0.2, -0.15) is 0 Å². The van der Waals surface area contributed by atoms with Crippen LogP contribution in [0.15, 0.2) is 12.1 Å². The molecule has 0 saturated heterocycles. The highest BCUT2D eigenvalue weighted by Crippen LogP contribution is 2.31. The Morgan fingerprint density at radius 2 is 2.07 bits per heavy atom. The number of halogens is 2. The van der Waals surface area contributed by atoms with Crippen LogP contribution in [0.3, 0.4) is 0 Å². The van der Waals surface area contributed by atoms with Gasteiger partial charge in [-0.3, -0.25) is 0 Å². The third-order valence-corrected chi connectivity index (χ3v) is 3.03. The maximum atomic E-state index is 11.0. The molecule has 0 aliphatic carbocycles. The zero-order valence-corrected chi connectivity index (χ0v) is 9.28. The number of carbonyl (C=O) groups is 1. The summed E-state index contributed by atoms with van der Waals surface area (Å²) in [5.74, 6) is -1.05. The van der Waals surface area contributed by atoms with Gasteiger partial charge >= 0.3 is 5.97 Å². The lowest BCUT2D eigenvalue weighted by Crippen LogP contribution is -1.95. The Labute approximate surface area is 95.6 Å². The zero-order valence-electron chi connectivity index (χ0n) is 7.77. The van der Waals surface area contributed by atoms with Crippen molar-refractivity contribution in [3.8, 4) is 0 Å². The number of carboxylic acid groups (broad SMARTS) is 1. The molecule has 0 spiro atoms. The molecular formula is C10H7Cl2NO2. The van der Waals surface area contributed by atoms with Gasteiger partial charge in [-0.05, 0) is 18.6 Å². The molecule has 0 atom stereocenters. The Hall–Kier alpha value is -1.19. The Balaban J connectivity index is 2.91. The molecule has 0 aliphatic rings. The second-order valence-electron chi connectivity index (χ2n) is 3.21. The van der Waals surface area contributed by atoms with E-state index in [0.29, 0.717) is 15.9 Å². The number of hydrogen-bond acceptors (Lipinski definition) is 1. The number of rotatable bonds is 1. The summed E-state index contributed by atoms with van der Waals surface area (Å²) < 4.78 is 0. The summed E-state index contributed by atoms with van der Waals surface area (Å²) in [6.07, 6.45) is 0. The number of aromatic nitrogens is 1. The van der Waals surface area contributed by atoms with Crippen molar-refractivity contribution in [1.82, 2.24) is 4.98 Å². The molecule has 2 aromatic rings. The first-order valence-corrected chi connectivity index (χ1v) is 4.97. The van der Waals surface area contributed by atoms with E-state index in [0.717, 1.165) is 5.56 Å². The van der Waals surface area contributed by atoms with Crippen molar-refractivity contribution in [2.24, 2.45) is 0 Å². The molecule has 1 heterocycles. The number of fused-ring (bicyclic) bond motifs is 1. The maximum Gasteiger partial charge on any atom is 0.339 e. The molecule has 0 radical (unpaired) electrons. The van der Waals surface area contributed by atoms with Crippen LogP contribution in [0.2, 0.25) is 10.2 Å². The van der Waals surface area contributed by atoms with Crippen LogP contribution in [0, 0.1) is 6.92 Å². The summed E-state index contributed by atoms with van der Waals surface area (Å²) in [4.78, 5) is 13.8. The minimum atomic E-state index is -1.05. The fraction of sp³-hybridized carbons (Fsp3) is 0.100. The van der Waals surface area contributed by atoms with E-state index in [2.05, 4.69) is 4.98 Å². The van der Waals surface area contributed by atoms with Gasteiger partial charge < -0.3 is 10.1 Å². The van der Waals surface area contributed by atoms with Crippen molar-refractivity contribution < 1.29 is 9.90 Å². The van der Waals surface area contributed by atoms with Crippen LogP contribution < -0.4 is 0 Å². The molecule has 0 bridgehead atoms. The molecule has 15 heavy (non-hydrogen) atoms. The van der Waals surface area contributed by atoms with E-state index in [1.807, 2.05) is 6.92 Å². The van der Waals surface area contributed by atoms with Gasteiger partial charge in [-0.15, -0.1) is 0 Å². The summed E-state index contributed by atoms with van der Waals surface area (Å²) in [6, 6.07) is 3.31. The van der Waals surface area contributed by atoms with E-state index < -0.39 is 5.97 Å². The van der Waals surface area contributed by atoms with Crippen LogP contribution in [0.4, 0.5) is 0 Å². The number of aryl methyl sites for hydroxylation is 1. The van der Waals surface area contributed by atoms with Gasteiger partial charge in [-0.25, -0.2) is 4.79 Å². The number of aromatic amines is 1. The van der Waals surface area contributed by atoms with Gasteiger partial charge in [0.25, 0.3) is 0 Å². The standard InChI is InChI=1S/C10H7Cl2NO2/c1-4-6(11)3-2-5-7(10(14)15)9(12)13-8(4)5/h2-3,13H,1H3,(H,14,15). The van der Waals surface area contributed by atoms with Crippen molar-refractivity contribution >= 4 is 40.1 Å². The fourth-order valence-electron chi connectivity index (χ4n) is 1.56. The molecule has 78 valence electrons. The summed E-state index contributed by atoms with van der Waals surface area (Å²) in [7, 11) is 0. The average Bonchev–Trinajstić information content (AvgIpc) is 2.49. The topological polar surface area (TPSA) is 53.1 Å². The minimum Gasteiger partial charge on any atom is -0.478 e. The average molecular weight is 244 g/mol. The number of nitrogens with one attached hydrogen (secondary N) is 1. The summed E-state index contributed by atoms with van der Waals surface area (Å²) >= 11 is 11.7. The van der Waals surface area contributed by atoms with Crippen molar-refractivity contribution in [1.29, 1.82) is 0 Å². The number of hydrogen-bond donors (Lipinski definition) is 2. The molecule has 1 aromatic heterocycles. The predicted molar refractivity (Wildman–Crippen MR) is 60.0 cm³/mol. The van der Waals surface area contributed by atoms with Gasteiger partial charge in [0.1, 0.15) is 10.7 Å². The molecule has 1 aromatic carbocycles. The van der Waals surface area contributed by atoms with Gasteiger partial charge in [0.05, 0.1) is 5.52 Å². The molecule has 2 N–H and O–H groups in total. The Morgan fingerprint density at radius 3 is 2.67 bits per heavy atom. The quantitative estimate of drug-likeness (QED) is 0.806. The van der Waals surface area contributed by atoms with Gasteiger partial charge in [0, 0.05) is 10.4 Å². The van der Waals surface area contributed by atoms with Crippen LogP contribution in [0.1, 0.15) is 15.9 Å². The number of carboxylic acids is 1. The Bertz CT molecular complexity index is 560. The number of H-pyrrole nitrogens is 1. The molecular weight excluding hydrogens is 237 g/mol. The minimum absolute atomic E-state index is 0.0893. The Morgan fingerprint density at radius 1 is 1.40 bits per heavy atom. The van der Waals surface area contributed by atoms with E-state index >= 15 is 0 Å². The monoisotopic (exact) mass is 243 g/mol. The summed E-state index contributed by atoms with van der Waals surface area (Å²) in [5, 5.41) is 10.3. The van der Waals surface area contributed by atoms with Gasteiger partial charge in [0.15, 0.2) is 0 Å². The first-order valence-electron chi connectivity index (χ1n) is 4.22. The van der Waals surface area contributed by atoms with Gasteiger partial charge in [-0.1, -0.05) is 29.3 Å². The van der Waals surface area contributed by atoms with Crippen LogP contribution in [0.5, 0.6) is 0 Å². The summed E-state index contributed by atoms with van der Waals surface area (Å²) in [6.45, 7) is 1.81. The highest BCUT2D eigenvalue weighted by molar-refractivity contribution is 6.36. The fourth-order valence-corrected chi connectivity index (χ4v) is 1.99. The smallest absolute Gasteiger partial charge is 0.339 e. The second kappa shape index (κ2) is 3.43. The second-order valence-corrected chi connectivity index (χ2v) is 4.00. The molecule has 5 heteroatoms. The highest BCUT2D eigenvalue weighted by Gasteiger charge is 2.17. The molecule has 3 nitrogen and oxygen atoms in total. The lowest BCUT2D eigenvalue weighted by Gasteiger charge is -1.99. The van der Waals surface area contributed by atoms with Crippen molar-refractivity contribution in [3.05, 3.63) is 33.4 Å². The lowest BCUT2D eigenvalue weighted by atomic mass is 10.1. The van der Waals surface area contributed by atoms with Crippen molar-refractivity contribution in [2.45, 2.75) is 6.92 Å². The number of benzene rings is 1. The first kappa shape index (κ1) is 10.3. The third-order valence-electron chi connectivity index (χ3n) is 2.34. The van der Waals surface area contributed by atoms with Crippen LogP contribution in [0.25, 0.3) is 10.9 Å². The normalized spacial score (nSPS) is 10.9. The van der Waals surface area contributed by atoms with E-state index in [1.165, 1.54) is 0 Å². The first-order chi connectivity index (χ1) is 7.02. The van der Waals surface area contributed by atoms with Crippen molar-refractivity contribution in [2.75, 3.05) is 0 Å². The Kier molecular flexibility index (Phi) is 2.37. The lowest BCUT2D eigenvalue weighted by molar-refractivity contribution is 0.0699. The number of aromatic carboxylic acids is 1. The van der Waals surface area contributed by atoms with Gasteiger partial charge in [0.2, 0.25) is 0 Å². The van der Waals surface area contributed by atoms with E-state index in [1.54, 1.807) is 12.1 Å². The molecule has 0 amide bonds. The molecule has 0 saturated carbocycles. The molecule has 0 aliphatic heterocycles. The van der Waals surface area contributed by atoms with E-state index in [9.17, 15) is 4.79 Å². The molecule has 0 fully saturated rings. The highest BCUT2D eigenvalue weighted by atomic mass is 35.5. The predicted octanol–water partition coefficient (Wildman–Crippen LogP) is 3.48. The van der Waals surface area contributed by atoms with Crippen LogP contribution in [-0.2, 0) is 0 Å². The van der Waals surface area contributed by atoms with E-state index in [4.69, 9.17) is 28.3 Å². The van der Waals surface area contributed by atoms with Crippen molar-refractivity contribution in [3.63, 3.8) is 0 Å². The maximum absolute atomic E-state index is 11.0. The summed E-state index contributed by atoms with van der Waals surface area (Å²) in [5.41, 5.74) is 1.56. The van der Waals surface area contributed by atoms with Crippen LogP contribution in [-0.4, -0.2) is 16.1 Å². The molecule has 2 rings (SSSR count). The molecule has 0 unspecified atom stereocenters. The SMILES string of the molecule is Cc1c(Cl)ccc2c(C(=O)O)c(Cl)[nH]c12. The largest absolute Gasteiger partial charge is 0.478 e. The van der Waals surface area contributed by atoms with E-state index in [-0.39, 0.29) is 10.7 Å². The van der Waals surface area contributed by atoms with Crippen LogP contribution >= 0.6 is 23.2 Å².